The molecule has 1 aliphatic carbocycles. The first-order chi connectivity index (χ1) is 11.6. The highest BCUT2D eigenvalue weighted by molar-refractivity contribution is 5.78. The Hall–Kier alpha value is -0.690. The highest BCUT2D eigenvalue weighted by atomic mass is 16.7. The van der Waals surface area contributed by atoms with Crippen molar-refractivity contribution in [3.63, 3.8) is 0 Å². The van der Waals surface area contributed by atoms with Crippen molar-refractivity contribution in [3.8, 4) is 0 Å². The second-order valence-corrected chi connectivity index (χ2v) is 7.78. The van der Waals surface area contributed by atoms with E-state index in [1.54, 1.807) is 0 Å². The molecule has 1 N–H and O–H groups in total. The Labute approximate surface area is 145 Å². The van der Waals surface area contributed by atoms with Crippen molar-refractivity contribution in [2.45, 2.75) is 63.8 Å². The van der Waals surface area contributed by atoms with E-state index in [-0.39, 0.29) is 17.7 Å². The molecular formula is C18H32N2O4. The lowest BCUT2D eigenvalue weighted by molar-refractivity contribution is -0.180. The van der Waals surface area contributed by atoms with Crippen LogP contribution in [0.1, 0.15) is 46.0 Å². The number of rotatable bonds is 5. The summed E-state index contributed by atoms with van der Waals surface area (Å²) in [6.45, 7) is 8.64. The Morgan fingerprint density at radius 3 is 2.58 bits per heavy atom. The van der Waals surface area contributed by atoms with Gasteiger partial charge in [0, 0.05) is 31.5 Å². The van der Waals surface area contributed by atoms with E-state index in [0.717, 1.165) is 51.9 Å². The number of morpholine rings is 1. The number of ether oxygens (including phenoxy) is 3. The molecular weight excluding hydrogens is 308 g/mol. The summed E-state index contributed by atoms with van der Waals surface area (Å²) in [5, 5.41) is 3.21. The molecule has 6 nitrogen and oxygen atoms in total. The molecule has 1 saturated carbocycles. The van der Waals surface area contributed by atoms with Crippen LogP contribution in [-0.4, -0.2) is 68.2 Å². The zero-order valence-electron chi connectivity index (χ0n) is 15.1. The van der Waals surface area contributed by atoms with Crippen LogP contribution in [-0.2, 0) is 19.0 Å². The number of carbonyl (C=O) groups is 1. The van der Waals surface area contributed by atoms with E-state index in [4.69, 9.17) is 14.2 Å². The molecule has 24 heavy (non-hydrogen) atoms. The second kappa shape index (κ2) is 8.13. The van der Waals surface area contributed by atoms with Gasteiger partial charge in [-0.3, -0.25) is 9.69 Å². The topological polar surface area (TPSA) is 60.0 Å². The first-order valence-corrected chi connectivity index (χ1v) is 9.45. The maximum Gasteiger partial charge on any atom is 0.234 e. The van der Waals surface area contributed by atoms with E-state index in [9.17, 15) is 4.79 Å². The fourth-order valence-electron chi connectivity index (χ4n) is 4.10. The monoisotopic (exact) mass is 340 g/mol. The van der Waals surface area contributed by atoms with E-state index in [0.29, 0.717) is 31.7 Å². The summed E-state index contributed by atoms with van der Waals surface area (Å²) >= 11 is 0. The van der Waals surface area contributed by atoms with Crippen molar-refractivity contribution in [1.29, 1.82) is 0 Å². The van der Waals surface area contributed by atoms with E-state index >= 15 is 0 Å². The molecule has 3 aliphatic rings. The third kappa shape index (κ3) is 4.69. The molecule has 0 bridgehead atoms. The second-order valence-electron chi connectivity index (χ2n) is 7.78. The minimum absolute atomic E-state index is 0.139. The summed E-state index contributed by atoms with van der Waals surface area (Å²) in [6.07, 6.45) is 4.71. The standard InChI is InChI=1S/C18H32N2O4/c1-14(2)11-16-13-22-8-7-20(16)12-17(21)19-15-3-5-18(6-4-15)23-9-10-24-18/h14-16H,3-13H2,1-2H3,(H,19,21)/t16-/m0/s1. The van der Waals surface area contributed by atoms with Gasteiger partial charge < -0.3 is 19.5 Å². The predicted octanol–water partition coefficient (Wildman–Crippen LogP) is 1.54. The average Bonchev–Trinajstić information content (AvgIpc) is 3.00. The van der Waals surface area contributed by atoms with Crippen molar-refractivity contribution >= 4 is 5.91 Å². The third-order valence-corrected chi connectivity index (χ3v) is 5.37. The van der Waals surface area contributed by atoms with E-state index in [1.807, 2.05) is 0 Å². The van der Waals surface area contributed by atoms with Crippen molar-refractivity contribution in [2.24, 2.45) is 5.92 Å². The number of nitrogens with zero attached hydrogens (tertiary/aromatic N) is 1. The quantitative estimate of drug-likeness (QED) is 0.823. The minimum atomic E-state index is -0.353. The zero-order valence-corrected chi connectivity index (χ0v) is 15.1. The van der Waals surface area contributed by atoms with Gasteiger partial charge >= 0.3 is 0 Å². The molecule has 0 aromatic rings. The lowest BCUT2D eigenvalue weighted by atomic mass is 9.90. The van der Waals surface area contributed by atoms with Crippen LogP contribution in [0.25, 0.3) is 0 Å². The van der Waals surface area contributed by atoms with Gasteiger partial charge in [-0.05, 0) is 25.2 Å². The Morgan fingerprint density at radius 1 is 1.21 bits per heavy atom. The largest absolute Gasteiger partial charge is 0.378 e. The smallest absolute Gasteiger partial charge is 0.234 e. The van der Waals surface area contributed by atoms with Crippen LogP contribution in [0.3, 0.4) is 0 Å². The van der Waals surface area contributed by atoms with Gasteiger partial charge in [-0.1, -0.05) is 13.8 Å². The fourth-order valence-corrected chi connectivity index (χ4v) is 4.10. The van der Waals surface area contributed by atoms with Crippen LogP contribution >= 0.6 is 0 Å². The van der Waals surface area contributed by atoms with E-state index < -0.39 is 0 Å². The van der Waals surface area contributed by atoms with Crippen LogP contribution in [0.5, 0.6) is 0 Å². The number of carbonyl (C=O) groups excluding carboxylic acids is 1. The van der Waals surface area contributed by atoms with Crippen LogP contribution < -0.4 is 5.32 Å². The minimum Gasteiger partial charge on any atom is -0.378 e. The molecule has 1 amide bonds. The SMILES string of the molecule is CC(C)C[C@H]1COCCN1CC(=O)NC1CCC2(CC1)OCCO2. The van der Waals surface area contributed by atoms with Gasteiger partial charge in [-0.15, -0.1) is 0 Å². The summed E-state index contributed by atoms with van der Waals surface area (Å²) in [4.78, 5) is 14.8. The van der Waals surface area contributed by atoms with Gasteiger partial charge in [0.1, 0.15) is 0 Å². The van der Waals surface area contributed by atoms with Crippen LogP contribution in [0, 0.1) is 5.92 Å². The van der Waals surface area contributed by atoms with Gasteiger partial charge in [0.25, 0.3) is 0 Å². The molecule has 3 rings (SSSR count). The molecule has 2 aliphatic heterocycles. The first kappa shape index (κ1) is 18.1. The van der Waals surface area contributed by atoms with Crippen molar-refractivity contribution in [2.75, 3.05) is 39.5 Å². The molecule has 0 radical (unpaired) electrons. The van der Waals surface area contributed by atoms with Crippen LogP contribution in [0.15, 0.2) is 0 Å². The molecule has 0 unspecified atom stereocenters. The molecule has 3 fully saturated rings. The summed E-state index contributed by atoms with van der Waals surface area (Å²) < 4.78 is 17.1. The number of nitrogens with one attached hydrogen (secondary N) is 1. The van der Waals surface area contributed by atoms with Gasteiger partial charge in [0.15, 0.2) is 5.79 Å². The van der Waals surface area contributed by atoms with Crippen LogP contribution in [0.2, 0.25) is 0 Å². The lowest BCUT2D eigenvalue weighted by Gasteiger charge is -2.38. The summed E-state index contributed by atoms with van der Waals surface area (Å²) in [5.74, 6) is 0.399. The van der Waals surface area contributed by atoms with Gasteiger partial charge in [0.2, 0.25) is 5.91 Å². The Kier molecular flexibility index (Phi) is 6.13. The number of amides is 1. The molecule has 2 saturated heterocycles. The molecule has 1 spiro atoms. The highest BCUT2D eigenvalue weighted by Crippen LogP contribution is 2.35. The average molecular weight is 340 g/mol. The predicted molar refractivity (Wildman–Crippen MR) is 90.7 cm³/mol. The zero-order chi connectivity index (χ0) is 17.0. The maximum atomic E-state index is 12.5. The van der Waals surface area contributed by atoms with E-state index in [1.165, 1.54) is 0 Å². The maximum absolute atomic E-state index is 12.5. The van der Waals surface area contributed by atoms with Gasteiger partial charge in [-0.2, -0.15) is 0 Å². The van der Waals surface area contributed by atoms with Crippen LogP contribution in [0.4, 0.5) is 0 Å². The fraction of sp³-hybridized carbons (Fsp3) is 0.944. The Balaban J connectivity index is 1.43. The van der Waals surface area contributed by atoms with Crippen molar-refractivity contribution < 1.29 is 19.0 Å². The Bertz CT molecular complexity index is 413. The molecule has 2 heterocycles. The van der Waals surface area contributed by atoms with Gasteiger partial charge in [-0.25, -0.2) is 0 Å². The van der Waals surface area contributed by atoms with E-state index in [2.05, 4.69) is 24.1 Å². The molecule has 6 heteroatoms. The van der Waals surface area contributed by atoms with Crippen molar-refractivity contribution in [1.82, 2.24) is 10.2 Å². The molecule has 0 aromatic heterocycles. The first-order valence-electron chi connectivity index (χ1n) is 9.45. The van der Waals surface area contributed by atoms with Crippen molar-refractivity contribution in [3.05, 3.63) is 0 Å². The summed E-state index contributed by atoms with van der Waals surface area (Å²) in [5.41, 5.74) is 0. The van der Waals surface area contributed by atoms with Gasteiger partial charge in [0.05, 0.1) is 33.0 Å². The Morgan fingerprint density at radius 2 is 1.92 bits per heavy atom. The summed E-state index contributed by atoms with van der Waals surface area (Å²) in [6, 6.07) is 0.611. The number of hydrogen-bond donors (Lipinski definition) is 1. The third-order valence-electron chi connectivity index (χ3n) is 5.37. The molecule has 0 aromatic carbocycles. The molecule has 138 valence electrons. The lowest BCUT2D eigenvalue weighted by Crippen LogP contribution is -2.52. The number of hydrogen-bond acceptors (Lipinski definition) is 5. The highest BCUT2D eigenvalue weighted by Gasteiger charge is 2.40. The normalized spacial score (nSPS) is 28.5. The molecule has 1 atom stereocenters. The summed E-state index contributed by atoms with van der Waals surface area (Å²) in [7, 11) is 0.